The first-order valence-corrected chi connectivity index (χ1v) is 6.51. The highest BCUT2D eigenvalue weighted by atomic mass is 16.6. The Balaban J connectivity index is 2.10. The van der Waals surface area contributed by atoms with E-state index >= 15 is 0 Å². The third-order valence-corrected chi connectivity index (χ3v) is 3.50. The molecule has 1 aliphatic carbocycles. The van der Waals surface area contributed by atoms with Gasteiger partial charge in [-0.25, -0.2) is 4.98 Å². The number of pyridine rings is 1. The predicted octanol–water partition coefficient (Wildman–Crippen LogP) is 1.64. The van der Waals surface area contributed by atoms with Crippen molar-refractivity contribution >= 4 is 17.3 Å². The van der Waals surface area contributed by atoms with Crippen LogP contribution in [0.15, 0.2) is 12.1 Å². The van der Waals surface area contributed by atoms with Crippen molar-refractivity contribution < 1.29 is 4.92 Å². The van der Waals surface area contributed by atoms with Gasteiger partial charge < -0.3 is 16.8 Å². The number of anilines is 2. The van der Waals surface area contributed by atoms with Crippen molar-refractivity contribution in [2.24, 2.45) is 5.73 Å². The van der Waals surface area contributed by atoms with Crippen LogP contribution in [-0.2, 0) is 0 Å². The molecule has 0 amide bonds. The minimum absolute atomic E-state index is 0.0720. The van der Waals surface area contributed by atoms with Gasteiger partial charge in [0.05, 0.1) is 4.92 Å². The zero-order valence-electron chi connectivity index (χ0n) is 10.7. The monoisotopic (exact) mass is 265 g/mol. The van der Waals surface area contributed by atoms with E-state index in [0.717, 1.165) is 25.7 Å². The van der Waals surface area contributed by atoms with Gasteiger partial charge >= 0.3 is 5.69 Å². The number of hydrogen-bond donors (Lipinski definition) is 3. The summed E-state index contributed by atoms with van der Waals surface area (Å²) in [4.78, 5) is 14.2. The molecule has 1 aromatic rings. The highest BCUT2D eigenvalue weighted by Crippen LogP contribution is 2.24. The Hall–Kier alpha value is -1.89. The molecule has 1 fully saturated rings. The number of nitrogens with two attached hydrogens (primary N) is 2. The minimum Gasteiger partial charge on any atom is -0.378 e. The number of aromatic nitrogens is 1. The summed E-state index contributed by atoms with van der Waals surface area (Å²) in [5, 5.41) is 13.9. The fourth-order valence-electron chi connectivity index (χ4n) is 2.41. The molecule has 0 bridgehead atoms. The van der Waals surface area contributed by atoms with Gasteiger partial charge in [-0.1, -0.05) is 19.3 Å². The van der Waals surface area contributed by atoms with E-state index in [4.69, 9.17) is 11.5 Å². The predicted molar refractivity (Wildman–Crippen MR) is 73.8 cm³/mol. The SMILES string of the molecule is Nc1nc(NC2CCCCCC2N)ccc1[N+](=O)[O-]. The Morgan fingerprint density at radius 2 is 2.05 bits per heavy atom. The average molecular weight is 265 g/mol. The summed E-state index contributed by atoms with van der Waals surface area (Å²) < 4.78 is 0. The maximum atomic E-state index is 10.7. The number of rotatable bonds is 3. The second-order valence-corrected chi connectivity index (χ2v) is 4.91. The third kappa shape index (κ3) is 3.31. The second kappa shape index (κ2) is 5.83. The summed E-state index contributed by atoms with van der Waals surface area (Å²) in [5.41, 5.74) is 11.5. The van der Waals surface area contributed by atoms with Gasteiger partial charge in [-0.2, -0.15) is 0 Å². The zero-order chi connectivity index (χ0) is 13.8. The first-order valence-electron chi connectivity index (χ1n) is 6.51. The summed E-state index contributed by atoms with van der Waals surface area (Å²) in [7, 11) is 0. The lowest BCUT2D eigenvalue weighted by atomic mass is 10.0. The van der Waals surface area contributed by atoms with Gasteiger partial charge in [0, 0.05) is 18.2 Å². The molecule has 7 nitrogen and oxygen atoms in total. The smallest absolute Gasteiger partial charge is 0.311 e. The second-order valence-electron chi connectivity index (χ2n) is 4.91. The topological polar surface area (TPSA) is 120 Å². The summed E-state index contributed by atoms with van der Waals surface area (Å²) in [6, 6.07) is 3.18. The van der Waals surface area contributed by atoms with E-state index in [1.54, 1.807) is 6.07 Å². The van der Waals surface area contributed by atoms with Crippen LogP contribution in [0.1, 0.15) is 32.1 Å². The Kier molecular flexibility index (Phi) is 4.16. The number of nitrogen functional groups attached to an aromatic ring is 1. The molecule has 1 aliphatic rings. The van der Waals surface area contributed by atoms with Gasteiger partial charge in [0.25, 0.3) is 0 Å². The molecule has 2 rings (SSSR count). The Labute approximate surface area is 111 Å². The van der Waals surface area contributed by atoms with Gasteiger partial charge in [0.15, 0.2) is 0 Å². The number of nitrogens with one attached hydrogen (secondary N) is 1. The molecule has 0 spiro atoms. The van der Waals surface area contributed by atoms with E-state index in [2.05, 4.69) is 10.3 Å². The van der Waals surface area contributed by atoms with Gasteiger partial charge in [-0.15, -0.1) is 0 Å². The normalized spacial score (nSPS) is 23.6. The van der Waals surface area contributed by atoms with E-state index < -0.39 is 4.92 Å². The molecule has 1 heterocycles. The first kappa shape index (κ1) is 13.5. The number of nitrogens with zero attached hydrogens (tertiary/aromatic N) is 2. The van der Waals surface area contributed by atoms with E-state index in [0.29, 0.717) is 5.82 Å². The van der Waals surface area contributed by atoms with Gasteiger partial charge in [0.2, 0.25) is 5.82 Å². The molecule has 5 N–H and O–H groups in total. The van der Waals surface area contributed by atoms with Crippen molar-refractivity contribution in [1.82, 2.24) is 4.98 Å². The Morgan fingerprint density at radius 3 is 2.74 bits per heavy atom. The largest absolute Gasteiger partial charge is 0.378 e. The first-order chi connectivity index (χ1) is 9.08. The summed E-state index contributed by atoms with van der Waals surface area (Å²) in [5.74, 6) is 0.475. The van der Waals surface area contributed by atoms with Crippen LogP contribution in [0, 0.1) is 10.1 Å². The van der Waals surface area contributed by atoms with E-state index in [9.17, 15) is 10.1 Å². The Morgan fingerprint density at radius 1 is 1.32 bits per heavy atom. The molecule has 0 saturated heterocycles. The molecule has 0 aliphatic heterocycles. The van der Waals surface area contributed by atoms with Crippen molar-refractivity contribution in [3.63, 3.8) is 0 Å². The molecule has 1 saturated carbocycles. The number of nitro groups is 1. The van der Waals surface area contributed by atoms with Crippen LogP contribution in [0.4, 0.5) is 17.3 Å². The summed E-state index contributed by atoms with van der Waals surface area (Å²) >= 11 is 0. The van der Waals surface area contributed by atoms with Crippen molar-refractivity contribution in [3.8, 4) is 0 Å². The van der Waals surface area contributed by atoms with Crippen molar-refractivity contribution in [3.05, 3.63) is 22.2 Å². The van der Waals surface area contributed by atoms with Crippen LogP contribution in [0.3, 0.4) is 0 Å². The standard InChI is InChI=1S/C12H19N5O2/c13-8-4-2-1-3-5-9(8)15-11-7-6-10(17(18)19)12(14)16-11/h6-9H,1-5,13H2,(H3,14,15,16). The third-order valence-electron chi connectivity index (χ3n) is 3.50. The molecule has 2 atom stereocenters. The van der Waals surface area contributed by atoms with Crippen LogP contribution in [0.5, 0.6) is 0 Å². The minimum atomic E-state index is -0.538. The van der Waals surface area contributed by atoms with Gasteiger partial charge in [-0.05, 0) is 18.9 Å². The van der Waals surface area contributed by atoms with Crippen molar-refractivity contribution in [2.75, 3.05) is 11.1 Å². The van der Waals surface area contributed by atoms with E-state index in [1.807, 2.05) is 0 Å². The summed E-state index contributed by atoms with van der Waals surface area (Å²) in [6.07, 6.45) is 5.45. The Bertz CT molecular complexity index is 465. The lowest BCUT2D eigenvalue weighted by Crippen LogP contribution is -2.39. The summed E-state index contributed by atoms with van der Waals surface area (Å²) in [6.45, 7) is 0. The average Bonchev–Trinajstić information content (AvgIpc) is 2.55. The van der Waals surface area contributed by atoms with Crippen LogP contribution < -0.4 is 16.8 Å². The highest BCUT2D eigenvalue weighted by molar-refractivity contribution is 5.57. The molecule has 0 radical (unpaired) electrons. The quantitative estimate of drug-likeness (QED) is 0.434. The maximum Gasteiger partial charge on any atom is 0.311 e. The lowest BCUT2D eigenvalue weighted by molar-refractivity contribution is -0.384. The molecule has 2 unspecified atom stereocenters. The fourth-order valence-corrected chi connectivity index (χ4v) is 2.41. The van der Waals surface area contributed by atoms with Crippen molar-refractivity contribution in [1.29, 1.82) is 0 Å². The van der Waals surface area contributed by atoms with E-state index in [1.165, 1.54) is 12.5 Å². The number of hydrogen-bond acceptors (Lipinski definition) is 6. The molecule has 1 aromatic heterocycles. The highest BCUT2D eigenvalue weighted by Gasteiger charge is 2.21. The van der Waals surface area contributed by atoms with E-state index in [-0.39, 0.29) is 23.6 Å². The fraction of sp³-hybridized carbons (Fsp3) is 0.583. The molecule has 0 aromatic carbocycles. The maximum absolute atomic E-state index is 10.7. The van der Waals surface area contributed by atoms with Gasteiger partial charge in [-0.3, -0.25) is 10.1 Å². The molecule has 19 heavy (non-hydrogen) atoms. The van der Waals surface area contributed by atoms with Crippen LogP contribution in [-0.4, -0.2) is 22.0 Å². The van der Waals surface area contributed by atoms with Crippen LogP contribution in [0.2, 0.25) is 0 Å². The molecule has 104 valence electrons. The molecular formula is C12H19N5O2. The lowest BCUT2D eigenvalue weighted by Gasteiger charge is -2.23. The van der Waals surface area contributed by atoms with Crippen molar-refractivity contribution in [2.45, 2.75) is 44.2 Å². The van der Waals surface area contributed by atoms with Crippen LogP contribution in [0.25, 0.3) is 0 Å². The molecule has 7 heteroatoms. The van der Waals surface area contributed by atoms with Crippen LogP contribution >= 0.6 is 0 Å². The van der Waals surface area contributed by atoms with Gasteiger partial charge in [0.1, 0.15) is 5.82 Å². The zero-order valence-corrected chi connectivity index (χ0v) is 10.7. The molecular weight excluding hydrogens is 246 g/mol.